The Bertz CT molecular complexity index is 1050. The van der Waals surface area contributed by atoms with Gasteiger partial charge in [0.15, 0.2) is 5.82 Å². The fraction of sp³-hybridized carbons (Fsp3) is 0.462. The van der Waals surface area contributed by atoms with Crippen LogP contribution in [-0.2, 0) is 19.1 Å². The first-order chi connectivity index (χ1) is 17.6. The largest absolute Gasteiger partial charge is 0.378 e. The van der Waals surface area contributed by atoms with Gasteiger partial charge in [-0.25, -0.2) is 9.98 Å². The van der Waals surface area contributed by atoms with Gasteiger partial charge in [0.05, 0.1) is 35.7 Å². The van der Waals surface area contributed by atoms with Gasteiger partial charge in [0, 0.05) is 50.3 Å². The highest BCUT2D eigenvalue weighted by Gasteiger charge is 2.23. The predicted molar refractivity (Wildman–Crippen MR) is 141 cm³/mol. The van der Waals surface area contributed by atoms with Gasteiger partial charge in [0.1, 0.15) is 13.0 Å². The second kappa shape index (κ2) is 12.8. The average molecular weight is 514 g/mol. The molecule has 4 rings (SSSR count). The molecular weight excluding hydrogens is 482 g/mol. The van der Waals surface area contributed by atoms with E-state index in [0.717, 1.165) is 56.7 Å². The van der Waals surface area contributed by atoms with Gasteiger partial charge in [-0.15, -0.1) is 0 Å². The van der Waals surface area contributed by atoms with Crippen LogP contribution in [0.25, 0.3) is 11.3 Å². The highest BCUT2D eigenvalue weighted by atomic mass is 35.5. The van der Waals surface area contributed by atoms with E-state index >= 15 is 0 Å². The minimum atomic E-state index is 0.0249. The maximum absolute atomic E-state index is 12.1. The molecule has 1 N–H and O–H groups in total. The number of rotatable bonds is 10. The normalized spacial score (nSPS) is 16.6. The van der Waals surface area contributed by atoms with Gasteiger partial charge in [-0.2, -0.15) is 0 Å². The Hall–Kier alpha value is -3.01. The lowest BCUT2D eigenvalue weighted by Gasteiger charge is -2.32. The minimum Gasteiger partial charge on any atom is -0.378 e. The zero-order valence-electron chi connectivity index (χ0n) is 20.3. The predicted octanol–water partition coefficient (Wildman–Crippen LogP) is 3.93. The van der Waals surface area contributed by atoms with Gasteiger partial charge < -0.3 is 29.4 Å². The number of anilines is 2. The number of aliphatic imine (C=N–C) groups is 1. The molecule has 2 saturated heterocycles. The lowest BCUT2D eigenvalue weighted by Crippen LogP contribution is -2.41. The Balaban J connectivity index is 1.32. The number of nitrogens with one attached hydrogen (secondary N) is 1. The summed E-state index contributed by atoms with van der Waals surface area (Å²) in [6.07, 6.45) is 2.87. The third-order valence-electron chi connectivity index (χ3n) is 6.48. The van der Waals surface area contributed by atoms with Gasteiger partial charge in [-0.3, -0.25) is 4.79 Å². The van der Waals surface area contributed by atoms with Crippen LogP contribution in [0, 0.1) is 0 Å². The molecule has 1 amide bonds. The Morgan fingerprint density at radius 2 is 1.94 bits per heavy atom. The third kappa shape index (κ3) is 6.60. The summed E-state index contributed by atoms with van der Waals surface area (Å²) in [5.74, 6) is 0.475. The second-order valence-electron chi connectivity index (χ2n) is 8.77. The average Bonchev–Trinajstić information content (AvgIpc) is 2.93. The fourth-order valence-corrected chi connectivity index (χ4v) is 4.69. The molecular formula is C26H32ClN5O4. The Kier molecular flexibility index (Phi) is 9.27. The van der Waals surface area contributed by atoms with Crippen LogP contribution < -0.4 is 10.2 Å². The molecule has 0 atom stereocenters. The molecule has 2 aliphatic rings. The first-order valence-electron chi connectivity index (χ1n) is 12.3. The van der Waals surface area contributed by atoms with Crippen LogP contribution in [0.15, 0.2) is 35.3 Å². The number of pyridine rings is 1. The Labute approximate surface area is 216 Å². The van der Waals surface area contributed by atoms with E-state index in [1.807, 2.05) is 12.1 Å². The second-order valence-corrected chi connectivity index (χ2v) is 9.17. The van der Waals surface area contributed by atoms with Crippen LogP contribution in [0.4, 0.5) is 17.2 Å². The number of carbonyl (C=O) groups excluding carboxylic acids is 2. The molecule has 1 aromatic carbocycles. The number of carbonyl (C=O) groups is 2. The molecule has 3 heterocycles. The molecule has 0 saturated carbocycles. The number of halogens is 1. The molecule has 36 heavy (non-hydrogen) atoms. The summed E-state index contributed by atoms with van der Waals surface area (Å²) in [5, 5.41) is 3.71. The van der Waals surface area contributed by atoms with Crippen LogP contribution in [0.3, 0.4) is 0 Å². The van der Waals surface area contributed by atoms with Crippen molar-refractivity contribution in [2.75, 3.05) is 56.3 Å². The summed E-state index contributed by atoms with van der Waals surface area (Å²) in [7, 11) is 0. The van der Waals surface area contributed by atoms with Crippen LogP contribution in [0.2, 0.25) is 5.02 Å². The zero-order chi connectivity index (χ0) is 25.3. The van der Waals surface area contributed by atoms with E-state index in [-0.39, 0.29) is 31.6 Å². The van der Waals surface area contributed by atoms with E-state index in [9.17, 15) is 9.59 Å². The number of amides is 1. The lowest BCUT2D eigenvalue weighted by molar-refractivity contribution is -0.134. The molecule has 0 radical (unpaired) electrons. The van der Waals surface area contributed by atoms with Gasteiger partial charge >= 0.3 is 0 Å². The van der Waals surface area contributed by atoms with E-state index in [2.05, 4.69) is 39.0 Å². The number of piperidine rings is 1. The summed E-state index contributed by atoms with van der Waals surface area (Å²) < 4.78 is 11.4. The minimum absolute atomic E-state index is 0.0249. The van der Waals surface area contributed by atoms with Crippen LogP contribution in [-0.4, -0.2) is 81.0 Å². The van der Waals surface area contributed by atoms with E-state index in [4.69, 9.17) is 21.1 Å². The number of nitrogens with zero attached hydrogens (tertiary/aromatic N) is 4. The van der Waals surface area contributed by atoms with Crippen molar-refractivity contribution in [2.45, 2.75) is 31.8 Å². The molecule has 192 valence electrons. The first-order valence-corrected chi connectivity index (χ1v) is 12.6. The number of hydrogen-bond donors (Lipinski definition) is 1. The highest BCUT2D eigenvalue weighted by molar-refractivity contribution is 6.33. The number of morpholine rings is 1. The Morgan fingerprint density at radius 1 is 1.22 bits per heavy atom. The summed E-state index contributed by atoms with van der Waals surface area (Å²) in [4.78, 5) is 35.3. The lowest BCUT2D eigenvalue weighted by atomic mass is 10.1. The van der Waals surface area contributed by atoms with Crippen molar-refractivity contribution in [3.05, 3.63) is 35.4 Å². The summed E-state index contributed by atoms with van der Waals surface area (Å²) >= 11 is 6.60. The SMILES string of the molecule is C=Nc1nc(-c2ccc(N3CCOCC3)cc2)c(Cl)cc1NCOC1CCN(C(=O)CCC=O)CC1. The van der Waals surface area contributed by atoms with Gasteiger partial charge in [0.25, 0.3) is 0 Å². The van der Waals surface area contributed by atoms with E-state index in [1.54, 1.807) is 11.0 Å². The first kappa shape index (κ1) is 26.1. The molecule has 0 unspecified atom stereocenters. The zero-order valence-corrected chi connectivity index (χ0v) is 21.1. The molecule has 0 bridgehead atoms. The number of hydrogen-bond acceptors (Lipinski definition) is 8. The van der Waals surface area contributed by atoms with Crippen LogP contribution in [0.1, 0.15) is 25.7 Å². The topological polar surface area (TPSA) is 96.4 Å². The smallest absolute Gasteiger partial charge is 0.223 e. The standard InChI is InChI=1S/C26H32ClN5O4/c1-28-26-23(29-18-36-21-8-10-32(11-9-21)24(34)3-2-14-33)17-22(27)25(30-26)19-4-6-20(7-5-19)31-12-15-35-16-13-31/h4-7,14,17,21,29H,1-3,8-13,15-16,18H2. The number of benzene rings is 1. The monoisotopic (exact) mass is 513 g/mol. The van der Waals surface area contributed by atoms with E-state index in [1.165, 1.54) is 0 Å². The summed E-state index contributed by atoms with van der Waals surface area (Å²) in [6, 6.07) is 9.96. The van der Waals surface area contributed by atoms with Crippen molar-refractivity contribution < 1.29 is 19.1 Å². The molecule has 10 heteroatoms. The summed E-state index contributed by atoms with van der Waals surface area (Å²) in [5.41, 5.74) is 3.34. The molecule has 2 aliphatic heterocycles. The molecule has 1 aromatic heterocycles. The van der Waals surface area contributed by atoms with Crippen LogP contribution >= 0.6 is 11.6 Å². The van der Waals surface area contributed by atoms with Crippen molar-refractivity contribution >= 4 is 47.7 Å². The number of aromatic nitrogens is 1. The number of likely N-dealkylation sites (tertiary alicyclic amines) is 1. The molecule has 2 aromatic rings. The fourth-order valence-electron chi connectivity index (χ4n) is 4.43. The van der Waals surface area contributed by atoms with E-state index < -0.39 is 0 Å². The van der Waals surface area contributed by atoms with Crippen molar-refractivity contribution in [1.82, 2.24) is 9.88 Å². The van der Waals surface area contributed by atoms with Crippen molar-refractivity contribution in [3.8, 4) is 11.3 Å². The highest BCUT2D eigenvalue weighted by Crippen LogP contribution is 2.34. The van der Waals surface area contributed by atoms with Gasteiger partial charge in [0.2, 0.25) is 5.91 Å². The molecule has 2 fully saturated rings. The van der Waals surface area contributed by atoms with Crippen molar-refractivity contribution in [3.63, 3.8) is 0 Å². The molecule has 0 spiro atoms. The van der Waals surface area contributed by atoms with Crippen molar-refractivity contribution in [2.24, 2.45) is 4.99 Å². The number of ether oxygens (including phenoxy) is 2. The maximum Gasteiger partial charge on any atom is 0.223 e. The van der Waals surface area contributed by atoms with Gasteiger partial charge in [-0.1, -0.05) is 23.7 Å². The number of aldehydes is 1. The molecule has 9 nitrogen and oxygen atoms in total. The maximum atomic E-state index is 12.1. The van der Waals surface area contributed by atoms with Gasteiger partial charge in [-0.05, 0) is 37.8 Å². The van der Waals surface area contributed by atoms with Crippen molar-refractivity contribution in [1.29, 1.82) is 0 Å². The molecule has 0 aliphatic carbocycles. The Morgan fingerprint density at radius 3 is 2.61 bits per heavy atom. The van der Waals surface area contributed by atoms with E-state index in [0.29, 0.717) is 35.3 Å². The third-order valence-corrected chi connectivity index (χ3v) is 6.76. The summed E-state index contributed by atoms with van der Waals surface area (Å²) in [6.45, 7) is 8.43. The quantitative estimate of drug-likeness (QED) is 0.292. The van der Waals surface area contributed by atoms with Crippen LogP contribution in [0.5, 0.6) is 0 Å².